The number of amides is 1. The molecule has 4 N–H and O–H groups in total. The Balaban J connectivity index is 1.25. The highest BCUT2D eigenvalue weighted by Crippen LogP contribution is 2.38. The number of hydrogen-bond donors (Lipinski definition) is 4. The second kappa shape index (κ2) is 15.0. The molecular formula is C39H42ClFN4O10. The van der Waals surface area contributed by atoms with Crippen LogP contribution in [0.4, 0.5) is 10.2 Å². The summed E-state index contributed by atoms with van der Waals surface area (Å²) in [7, 11) is 0. The smallest absolute Gasteiger partial charge is 0.354 e. The van der Waals surface area contributed by atoms with Crippen LogP contribution in [0.25, 0.3) is 22.4 Å². The standard InChI is InChI=1S/C39H42ClFN4O10/c1-7-14-53-37(52)34-31(48)29(46)30(47)32(55-34)20-9-11-27(43-28(20)36(50)51)44-12-13-45(39(5,6)18-44)35(49)26-17-25-33(54-26)21(38(2,3)4)16-24(42-25)19-8-10-22(40)23(41)15-19/h7-11,15-17,29-32,34,46-48H,1,12-14,18H2,2-6H3,(H,50,51)/t29?,30-,31-,32-,34?/m0/s1. The molecule has 1 aromatic carbocycles. The molecule has 1 amide bonds. The molecule has 2 saturated heterocycles. The molecule has 0 bridgehead atoms. The Morgan fingerprint density at radius 2 is 1.78 bits per heavy atom. The molecule has 3 aromatic heterocycles. The highest BCUT2D eigenvalue weighted by molar-refractivity contribution is 6.30. The summed E-state index contributed by atoms with van der Waals surface area (Å²) in [5, 5.41) is 41.9. The lowest BCUT2D eigenvalue weighted by molar-refractivity contribution is -0.232. The number of carboxylic acid groups (broad SMARTS) is 1. The van der Waals surface area contributed by atoms with E-state index in [-0.39, 0.29) is 54.3 Å². The number of fused-ring (bicyclic) bond motifs is 1. The van der Waals surface area contributed by atoms with Crippen LogP contribution in [0.5, 0.6) is 0 Å². The van der Waals surface area contributed by atoms with E-state index < -0.39 is 64.9 Å². The van der Waals surface area contributed by atoms with Crippen LogP contribution in [0.2, 0.25) is 5.02 Å². The molecule has 55 heavy (non-hydrogen) atoms. The molecular weight excluding hydrogens is 739 g/mol. The summed E-state index contributed by atoms with van der Waals surface area (Å²) in [6.07, 6.45) is -7.52. The molecule has 2 unspecified atom stereocenters. The average Bonchev–Trinajstić information content (AvgIpc) is 3.57. The number of pyridine rings is 2. The number of halogens is 2. The number of carbonyl (C=O) groups excluding carboxylic acids is 2. The molecule has 14 nitrogen and oxygen atoms in total. The number of aromatic carboxylic acids is 1. The van der Waals surface area contributed by atoms with E-state index in [0.29, 0.717) is 22.4 Å². The lowest BCUT2D eigenvalue weighted by atomic mass is 9.86. The molecule has 2 aliphatic rings. The van der Waals surface area contributed by atoms with Crippen LogP contribution in [0.15, 0.2) is 59.5 Å². The van der Waals surface area contributed by atoms with E-state index in [1.54, 1.807) is 17.0 Å². The van der Waals surface area contributed by atoms with E-state index in [9.17, 15) is 39.2 Å². The number of anilines is 1. The third-order valence-electron chi connectivity index (χ3n) is 9.79. The van der Waals surface area contributed by atoms with Crippen molar-refractivity contribution in [3.63, 3.8) is 0 Å². The maximum atomic E-state index is 14.4. The monoisotopic (exact) mass is 780 g/mol. The van der Waals surface area contributed by atoms with Gasteiger partial charge in [0.2, 0.25) is 0 Å². The number of ether oxygens (including phenoxy) is 2. The van der Waals surface area contributed by atoms with E-state index in [0.717, 1.165) is 5.56 Å². The number of furan rings is 1. The van der Waals surface area contributed by atoms with Gasteiger partial charge in [-0.2, -0.15) is 0 Å². The number of aromatic nitrogens is 2. The second-order valence-electron chi connectivity index (χ2n) is 15.2. The first-order chi connectivity index (χ1) is 25.8. The summed E-state index contributed by atoms with van der Waals surface area (Å²) >= 11 is 5.91. The molecule has 0 radical (unpaired) electrons. The first kappa shape index (κ1) is 39.8. The minimum atomic E-state index is -1.87. The van der Waals surface area contributed by atoms with E-state index >= 15 is 0 Å². The SMILES string of the molecule is C=CCOC(=O)C1O[C@@H](c2ccc(N3CCN(C(=O)c4cc5nc(-c6ccc(Cl)c(F)c6)cc(C(C)(C)C)c5o4)C(C)(C)C3)nc2C(=O)O)[C@@H](O)C(O)[C@@H]1O. The van der Waals surface area contributed by atoms with Crippen molar-refractivity contribution in [2.24, 2.45) is 0 Å². The van der Waals surface area contributed by atoms with Crippen molar-refractivity contribution < 1.29 is 53.1 Å². The molecule has 5 atom stereocenters. The quantitative estimate of drug-likeness (QED) is 0.142. The number of nitrogens with zero attached hydrogens (tertiary/aromatic N) is 4. The Morgan fingerprint density at radius 1 is 1.05 bits per heavy atom. The number of esters is 1. The number of carboxylic acids is 1. The van der Waals surface area contributed by atoms with Crippen molar-refractivity contribution in [1.29, 1.82) is 0 Å². The Labute approximate surface area is 320 Å². The maximum absolute atomic E-state index is 14.4. The Morgan fingerprint density at radius 3 is 2.42 bits per heavy atom. The summed E-state index contributed by atoms with van der Waals surface area (Å²) in [4.78, 5) is 51.7. The molecule has 0 spiro atoms. The summed E-state index contributed by atoms with van der Waals surface area (Å²) in [5.41, 5.74) is 0.739. The van der Waals surface area contributed by atoms with Crippen LogP contribution < -0.4 is 4.90 Å². The fourth-order valence-corrected chi connectivity index (χ4v) is 7.06. The van der Waals surface area contributed by atoms with Crippen LogP contribution in [0, 0.1) is 5.82 Å². The van der Waals surface area contributed by atoms with Crippen LogP contribution in [0.1, 0.15) is 72.9 Å². The number of benzene rings is 1. The highest BCUT2D eigenvalue weighted by atomic mass is 35.5. The minimum Gasteiger partial charge on any atom is -0.476 e. The molecule has 2 aliphatic heterocycles. The molecule has 4 aromatic rings. The first-order valence-corrected chi connectivity index (χ1v) is 17.9. The number of rotatable bonds is 8. The van der Waals surface area contributed by atoms with Gasteiger partial charge in [-0.15, -0.1) is 0 Å². The third-order valence-corrected chi connectivity index (χ3v) is 10.1. The minimum absolute atomic E-state index is 0.00979. The van der Waals surface area contributed by atoms with E-state index in [1.165, 1.54) is 30.3 Å². The predicted molar refractivity (Wildman–Crippen MR) is 198 cm³/mol. The van der Waals surface area contributed by atoms with Gasteiger partial charge in [-0.1, -0.05) is 57.2 Å². The average molecular weight is 781 g/mol. The van der Waals surface area contributed by atoms with Crippen LogP contribution in [-0.4, -0.2) is 109 Å². The lowest BCUT2D eigenvalue weighted by Crippen LogP contribution is -2.61. The van der Waals surface area contributed by atoms with Gasteiger partial charge >= 0.3 is 11.9 Å². The molecule has 0 saturated carbocycles. The van der Waals surface area contributed by atoms with Crippen molar-refractivity contribution in [3.05, 3.63) is 88.5 Å². The normalized spacial score (nSPS) is 22.8. The number of aliphatic hydroxyl groups is 3. The number of piperazine rings is 1. The van der Waals surface area contributed by atoms with Gasteiger partial charge in [0.1, 0.15) is 48.2 Å². The first-order valence-electron chi connectivity index (χ1n) is 17.5. The van der Waals surface area contributed by atoms with Gasteiger partial charge in [-0.05, 0) is 43.5 Å². The second-order valence-corrected chi connectivity index (χ2v) is 15.6. The fraction of sp³-hybridized carbons (Fsp3) is 0.410. The predicted octanol–water partition coefficient (Wildman–Crippen LogP) is 4.67. The summed E-state index contributed by atoms with van der Waals surface area (Å²) < 4.78 is 31.2. The van der Waals surface area contributed by atoms with Crippen molar-refractivity contribution in [2.75, 3.05) is 31.1 Å². The summed E-state index contributed by atoms with van der Waals surface area (Å²) in [5.74, 6) is -3.15. The van der Waals surface area contributed by atoms with Gasteiger partial charge < -0.3 is 44.1 Å². The molecule has 0 aliphatic carbocycles. The third kappa shape index (κ3) is 7.67. The zero-order chi connectivity index (χ0) is 40.1. The summed E-state index contributed by atoms with van der Waals surface area (Å²) in [6, 6.07) is 10.7. The molecule has 2 fully saturated rings. The zero-order valence-electron chi connectivity index (χ0n) is 30.8. The molecule has 6 rings (SSSR count). The van der Waals surface area contributed by atoms with Gasteiger partial charge in [-0.25, -0.2) is 23.9 Å². The van der Waals surface area contributed by atoms with E-state index in [1.807, 2.05) is 45.6 Å². The van der Waals surface area contributed by atoms with E-state index in [4.69, 9.17) is 30.5 Å². The Hall–Kier alpha value is -4.93. The van der Waals surface area contributed by atoms with E-state index in [2.05, 4.69) is 11.6 Å². The molecule has 292 valence electrons. The zero-order valence-corrected chi connectivity index (χ0v) is 31.6. The van der Waals surface area contributed by atoms with Gasteiger partial charge in [0.25, 0.3) is 5.91 Å². The topological polar surface area (TPSA) is 196 Å². The fourth-order valence-electron chi connectivity index (χ4n) is 6.94. The van der Waals surface area contributed by atoms with Gasteiger partial charge in [0.05, 0.1) is 16.3 Å². The highest BCUT2D eigenvalue weighted by Gasteiger charge is 2.49. The number of hydrogen-bond acceptors (Lipinski definition) is 12. The van der Waals surface area contributed by atoms with Crippen LogP contribution in [0.3, 0.4) is 0 Å². The maximum Gasteiger partial charge on any atom is 0.354 e. The van der Waals surface area contributed by atoms with Crippen LogP contribution in [-0.2, 0) is 19.7 Å². The van der Waals surface area contributed by atoms with Crippen molar-refractivity contribution in [3.8, 4) is 11.3 Å². The Bertz CT molecular complexity index is 2170. The summed E-state index contributed by atoms with van der Waals surface area (Å²) in [6.45, 7) is 13.6. The largest absolute Gasteiger partial charge is 0.476 e. The van der Waals surface area contributed by atoms with Crippen molar-refractivity contribution in [1.82, 2.24) is 14.9 Å². The van der Waals surface area contributed by atoms with Crippen molar-refractivity contribution in [2.45, 2.75) is 76.1 Å². The van der Waals surface area contributed by atoms with Gasteiger partial charge in [0.15, 0.2) is 23.1 Å². The Kier molecular flexibility index (Phi) is 10.8. The van der Waals surface area contributed by atoms with Gasteiger partial charge in [-0.3, -0.25) is 4.79 Å². The van der Waals surface area contributed by atoms with Crippen molar-refractivity contribution >= 4 is 46.4 Å². The molecule has 16 heteroatoms. The number of carbonyl (C=O) groups is 3. The van der Waals surface area contributed by atoms with Crippen LogP contribution >= 0.6 is 11.6 Å². The lowest BCUT2D eigenvalue weighted by Gasteiger charge is -2.47. The molecule has 5 heterocycles. The van der Waals surface area contributed by atoms with Gasteiger partial charge in [0, 0.05) is 42.4 Å². The number of aliphatic hydroxyl groups excluding tert-OH is 3.